The van der Waals surface area contributed by atoms with E-state index < -0.39 is 5.97 Å². The average Bonchev–Trinajstić information content (AvgIpc) is 2.42. The molecule has 1 heterocycles. The predicted octanol–water partition coefficient (Wildman–Crippen LogP) is 3.41. The normalized spacial score (nSPS) is 10.2. The molecule has 6 heteroatoms. The molecular formula is C15H13BrN2O3. The number of halogens is 1. The molecular weight excluding hydrogens is 336 g/mol. The van der Waals surface area contributed by atoms with Crippen LogP contribution in [0.2, 0.25) is 0 Å². The highest BCUT2D eigenvalue weighted by atomic mass is 79.9. The summed E-state index contributed by atoms with van der Waals surface area (Å²) in [5, 5.41) is 11.9. The molecule has 0 atom stereocenters. The molecule has 1 amide bonds. The fourth-order valence-corrected chi connectivity index (χ4v) is 2.26. The molecule has 21 heavy (non-hydrogen) atoms. The van der Waals surface area contributed by atoms with Crippen molar-refractivity contribution in [3.8, 4) is 0 Å². The lowest BCUT2D eigenvalue weighted by atomic mass is 10.0. The van der Waals surface area contributed by atoms with E-state index in [2.05, 4.69) is 26.2 Å². The lowest BCUT2D eigenvalue weighted by Gasteiger charge is -2.10. The molecule has 2 N–H and O–H groups in total. The largest absolute Gasteiger partial charge is 0.478 e. The number of anilines is 1. The molecule has 0 unspecified atom stereocenters. The van der Waals surface area contributed by atoms with Crippen molar-refractivity contribution in [1.82, 2.24) is 4.98 Å². The molecule has 0 spiro atoms. The van der Waals surface area contributed by atoms with E-state index in [1.165, 1.54) is 12.3 Å². The molecule has 0 aliphatic carbocycles. The van der Waals surface area contributed by atoms with Crippen molar-refractivity contribution in [2.75, 3.05) is 5.32 Å². The highest BCUT2D eigenvalue weighted by molar-refractivity contribution is 9.10. The zero-order valence-electron chi connectivity index (χ0n) is 11.5. The van der Waals surface area contributed by atoms with Crippen molar-refractivity contribution in [3.63, 3.8) is 0 Å². The van der Waals surface area contributed by atoms with Crippen LogP contribution in [0.3, 0.4) is 0 Å². The molecule has 1 aromatic heterocycles. The molecule has 108 valence electrons. The van der Waals surface area contributed by atoms with Gasteiger partial charge in [0.2, 0.25) is 0 Å². The van der Waals surface area contributed by atoms with Gasteiger partial charge in [0.05, 0.1) is 11.1 Å². The summed E-state index contributed by atoms with van der Waals surface area (Å²) in [6.45, 7) is 3.54. The van der Waals surface area contributed by atoms with E-state index in [1.54, 1.807) is 32.2 Å². The number of hydrogen-bond donors (Lipinski definition) is 2. The Bertz CT molecular complexity index is 729. The summed E-state index contributed by atoms with van der Waals surface area (Å²) in [6, 6.07) is 4.83. The first kappa shape index (κ1) is 15.2. The van der Waals surface area contributed by atoms with Crippen molar-refractivity contribution in [2.24, 2.45) is 0 Å². The summed E-state index contributed by atoms with van der Waals surface area (Å²) in [5.41, 5.74) is 2.50. The van der Waals surface area contributed by atoms with Crippen LogP contribution < -0.4 is 5.32 Å². The van der Waals surface area contributed by atoms with Crippen LogP contribution in [0.4, 0.5) is 5.69 Å². The Balaban J connectivity index is 2.32. The monoisotopic (exact) mass is 348 g/mol. The smallest absolute Gasteiger partial charge is 0.336 e. The minimum absolute atomic E-state index is 0.178. The van der Waals surface area contributed by atoms with Gasteiger partial charge < -0.3 is 10.4 Å². The second-order valence-corrected chi connectivity index (χ2v) is 5.53. The first-order chi connectivity index (χ1) is 9.88. The maximum Gasteiger partial charge on any atom is 0.336 e. The van der Waals surface area contributed by atoms with E-state index >= 15 is 0 Å². The SMILES string of the molecule is Cc1cc(NC(=O)c2cncc(Br)c2)cc(C(=O)O)c1C. The lowest BCUT2D eigenvalue weighted by molar-refractivity contribution is 0.0695. The number of carbonyl (C=O) groups is 2. The molecule has 1 aromatic carbocycles. The van der Waals surface area contributed by atoms with Crippen LogP contribution in [0.15, 0.2) is 35.1 Å². The summed E-state index contributed by atoms with van der Waals surface area (Å²) in [6.07, 6.45) is 3.02. The van der Waals surface area contributed by atoms with Crippen molar-refractivity contribution < 1.29 is 14.7 Å². The van der Waals surface area contributed by atoms with Crippen LogP contribution >= 0.6 is 15.9 Å². The average molecular weight is 349 g/mol. The van der Waals surface area contributed by atoms with Crippen molar-refractivity contribution in [3.05, 3.63) is 57.3 Å². The second kappa shape index (κ2) is 6.05. The highest BCUT2D eigenvalue weighted by Crippen LogP contribution is 2.21. The van der Waals surface area contributed by atoms with Gasteiger partial charge in [0.1, 0.15) is 0 Å². The Kier molecular flexibility index (Phi) is 4.37. The van der Waals surface area contributed by atoms with E-state index in [9.17, 15) is 14.7 Å². The van der Waals surface area contributed by atoms with Gasteiger partial charge in [-0.3, -0.25) is 9.78 Å². The van der Waals surface area contributed by atoms with E-state index in [0.29, 0.717) is 21.3 Å². The molecule has 0 radical (unpaired) electrons. The number of carbonyl (C=O) groups excluding carboxylic acids is 1. The van der Waals surface area contributed by atoms with Crippen LogP contribution in [0, 0.1) is 13.8 Å². The van der Waals surface area contributed by atoms with Crippen LogP contribution in [-0.2, 0) is 0 Å². The van der Waals surface area contributed by atoms with Crippen molar-refractivity contribution >= 4 is 33.5 Å². The molecule has 2 rings (SSSR count). The van der Waals surface area contributed by atoms with Gasteiger partial charge in [0, 0.05) is 22.6 Å². The Labute approximate surface area is 130 Å². The third-order valence-corrected chi connectivity index (χ3v) is 3.56. The topological polar surface area (TPSA) is 79.3 Å². The number of nitrogens with zero attached hydrogens (tertiary/aromatic N) is 1. The summed E-state index contributed by atoms with van der Waals surface area (Å²) in [7, 11) is 0. The Hall–Kier alpha value is -2.21. The minimum Gasteiger partial charge on any atom is -0.478 e. The van der Waals surface area contributed by atoms with Crippen LogP contribution in [0.25, 0.3) is 0 Å². The number of aromatic carboxylic acids is 1. The number of nitrogens with one attached hydrogen (secondary N) is 1. The van der Waals surface area contributed by atoms with E-state index in [1.807, 2.05) is 0 Å². The van der Waals surface area contributed by atoms with Crippen LogP contribution in [0.5, 0.6) is 0 Å². The summed E-state index contributed by atoms with van der Waals surface area (Å²) in [4.78, 5) is 27.2. The maximum absolute atomic E-state index is 12.1. The molecule has 5 nitrogen and oxygen atoms in total. The van der Waals surface area contributed by atoms with Gasteiger partial charge in [-0.25, -0.2) is 4.79 Å². The van der Waals surface area contributed by atoms with Crippen molar-refractivity contribution in [2.45, 2.75) is 13.8 Å². The fraction of sp³-hybridized carbons (Fsp3) is 0.133. The minimum atomic E-state index is -1.02. The lowest BCUT2D eigenvalue weighted by Crippen LogP contribution is -2.13. The zero-order chi connectivity index (χ0) is 15.6. The van der Waals surface area contributed by atoms with E-state index in [0.717, 1.165) is 5.56 Å². The first-order valence-corrected chi connectivity index (χ1v) is 6.94. The number of aromatic nitrogens is 1. The summed E-state index contributed by atoms with van der Waals surface area (Å²) in [5.74, 6) is -1.36. The summed E-state index contributed by atoms with van der Waals surface area (Å²) >= 11 is 3.25. The zero-order valence-corrected chi connectivity index (χ0v) is 13.1. The van der Waals surface area contributed by atoms with Gasteiger partial charge in [-0.1, -0.05) is 0 Å². The fourth-order valence-electron chi connectivity index (χ4n) is 1.89. The van der Waals surface area contributed by atoms with Gasteiger partial charge in [-0.15, -0.1) is 0 Å². The van der Waals surface area contributed by atoms with E-state index in [4.69, 9.17) is 0 Å². The molecule has 0 fully saturated rings. The third kappa shape index (κ3) is 3.46. The first-order valence-electron chi connectivity index (χ1n) is 6.15. The predicted molar refractivity (Wildman–Crippen MR) is 82.8 cm³/mol. The quantitative estimate of drug-likeness (QED) is 0.890. The standard InChI is InChI=1S/C15H13BrN2O3/c1-8-3-12(5-13(9(8)2)15(20)21)18-14(19)10-4-11(16)7-17-6-10/h3-7H,1-2H3,(H,18,19)(H,20,21). The van der Waals surface area contributed by atoms with Gasteiger partial charge in [-0.2, -0.15) is 0 Å². The number of carboxylic acid groups (broad SMARTS) is 1. The molecule has 0 bridgehead atoms. The molecule has 0 aliphatic rings. The van der Waals surface area contributed by atoms with Crippen LogP contribution in [0.1, 0.15) is 31.8 Å². The number of carboxylic acids is 1. The highest BCUT2D eigenvalue weighted by Gasteiger charge is 2.13. The van der Waals surface area contributed by atoms with Gasteiger partial charge >= 0.3 is 5.97 Å². The Morgan fingerprint density at radius 2 is 1.90 bits per heavy atom. The summed E-state index contributed by atoms with van der Waals surface area (Å²) < 4.78 is 0.696. The number of rotatable bonds is 3. The Morgan fingerprint density at radius 3 is 2.52 bits per heavy atom. The third-order valence-electron chi connectivity index (χ3n) is 3.12. The molecule has 0 saturated carbocycles. The maximum atomic E-state index is 12.1. The van der Waals surface area contributed by atoms with Gasteiger partial charge in [-0.05, 0) is 59.1 Å². The molecule has 0 saturated heterocycles. The van der Waals surface area contributed by atoms with Crippen molar-refractivity contribution in [1.29, 1.82) is 0 Å². The Morgan fingerprint density at radius 1 is 1.19 bits per heavy atom. The second-order valence-electron chi connectivity index (χ2n) is 4.62. The van der Waals surface area contributed by atoms with Crippen LogP contribution in [-0.4, -0.2) is 22.0 Å². The van der Waals surface area contributed by atoms with E-state index in [-0.39, 0.29) is 11.5 Å². The number of aryl methyl sites for hydroxylation is 1. The number of amides is 1. The van der Waals surface area contributed by atoms with Gasteiger partial charge in [0.15, 0.2) is 0 Å². The molecule has 0 aliphatic heterocycles. The number of pyridine rings is 1. The molecule has 2 aromatic rings. The number of benzene rings is 1. The number of hydrogen-bond acceptors (Lipinski definition) is 3. The van der Waals surface area contributed by atoms with Gasteiger partial charge in [0.25, 0.3) is 5.91 Å².